The van der Waals surface area contributed by atoms with Gasteiger partial charge in [-0.25, -0.2) is 4.39 Å². The molecular formula is C13H16FNO2. The maximum atomic E-state index is 13.6. The maximum absolute atomic E-state index is 13.6. The van der Waals surface area contributed by atoms with Gasteiger partial charge in [0.25, 0.3) is 0 Å². The molecular weight excluding hydrogens is 221 g/mol. The molecule has 0 aromatic heterocycles. The van der Waals surface area contributed by atoms with Gasteiger partial charge in [-0.05, 0) is 12.1 Å². The van der Waals surface area contributed by atoms with Crippen LogP contribution in [0.1, 0.15) is 13.3 Å². The molecule has 1 saturated heterocycles. The Balaban J connectivity index is 2.18. The standard InChI is InChI=1S/C13H16FNO2/c1-9-8-15(6-5-12(9)16)10-3-4-13(17-2)11(14)7-10/h3-4,7,9H,5-6,8H2,1-2H3. The second kappa shape index (κ2) is 4.73. The normalized spacial score (nSPS) is 20.5. The lowest BCUT2D eigenvalue weighted by molar-refractivity contribution is -0.122. The average molecular weight is 237 g/mol. The Bertz CT molecular complexity index is 433. The second-order valence-corrected chi connectivity index (χ2v) is 4.38. The number of halogens is 1. The van der Waals surface area contributed by atoms with E-state index < -0.39 is 0 Å². The van der Waals surface area contributed by atoms with Crippen LogP contribution in [0.15, 0.2) is 18.2 Å². The molecule has 0 amide bonds. The number of ether oxygens (including phenoxy) is 1. The van der Waals surface area contributed by atoms with Crippen LogP contribution in [0.4, 0.5) is 10.1 Å². The summed E-state index contributed by atoms with van der Waals surface area (Å²) in [5.41, 5.74) is 0.808. The van der Waals surface area contributed by atoms with Crippen LogP contribution in [-0.2, 0) is 4.79 Å². The molecule has 0 radical (unpaired) electrons. The molecule has 0 bridgehead atoms. The first-order chi connectivity index (χ1) is 8.11. The van der Waals surface area contributed by atoms with E-state index in [9.17, 15) is 9.18 Å². The van der Waals surface area contributed by atoms with Gasteiger partial charge in [0.15, 0.2) is 11.6 Å². The third-order valence-electron chi connectivity index (χ3n) is 3.17. The molecule has 0 N–H and O–H groups in total. The molecule has 1 aliphatic heterocycles. The van der Waals surface area contributed by atoms with Crippen LogP contribution in [0, 0.1) is 11.7 Å². The topological polar surface area (TPSA) is 29.5 Å². The molecule has 1 atom stereocenters. The zero-order valence-corrected chi connectivity index (χ0v) is 10.1. The lowest BCUT2D eigenvalue weighted by Crippen LogP contribution is -2.39. The predicted octanol–water partition coefficient (Wildman–Crippen LogP) is 2.25. The van der Waals surface area contributed by atoms with Crippen molar-refractivity contribution < 1.29 is 13.9 Å². The molecule has 0 spiro atoms. The number of ketones is 1. The van der Waals surface area contributed by atoms with Crippen molar-refractivity contribution >= 4 is 11.5 Å². The minimum atomic E-state index is -0.366. The summed E-state index contributed by atoms with van der Waals surface area (Å²) in [5.74, 6) is 0.189. The molecule has 1 unspecified atom stereocenters. The van der Waals surface area contributed by atoms with Gasteiger partial charge in [0.2, 0.25) is 0 Å². The fourth-order valence-electron chi connectivity index (χ4n) is 2.10. The zero-order valence-electron chi connectivity index (χ0n) is 10.1. The first kappa shape index (κ1) is 11.9. The van der Waals surface area contributed by atoms with E-state index in [4.69, 9.17) is 4.74 Å². The number of anilines is 1. The van der Waals surface area contributed by atoms with Crippen LogP contribution >= 0.6 is 0 Å². The summed E-state index contributed by atoms with van der Waals surface area (Å²) in [4.78, 5) is 13.5. The minimum absolute atomic E-state index is 0.0221. The summed E-state index contributed by atoms with van der Waals surface area (Å²) < 4.78 is 18.4. The van der Waals surface area contributed by atoms with Crippen LogP contribution < -0.4 is 9.64 Å². The van der Waals surface area contributed by atoms with Crippen molar-refractivity contribution in [1.82, 2.24) is 0 Å². The SMILES string of the molecule is COc1ccc(N2CCC(=O)C(C)C2)cc1F. The molecule has 17 heavy (non-hydrogen) atoms. The smallest absolute Gasteiger partial charge is 0.167 e. The lowest BCUT2D eigenvalue weighted by atomic mass is 9.98. The van der Waals surface area contributed by atoms with Gasteiger partial charge in [0.05, 0.1) is 7.11 Å². The van der Waals surface area contributed by atoms with Gasteiger partial charge < -0.3 is 9.64 Å². The minimum Gasteiger partial charge on any atom is -0.494 e. The largest absolute Gasteiger partial charge is 0.494 e. The molecule has 2 rings (SSSR count). The van der Waals surface area contributed by atoms with E-state index >= 15 is 0 Å². The van der Waals surface area contributed by atoms with E-state index in [1.165, 1.54) is 13.2 Å². The van der Waals surface area contributed by atoms with Gasteiger partial charge in [-0.1, -0.05) is 6.92 Å². The Kier molecular flexibility index (Phi) is 3.31. The molecule has 4 heteroatoms. The quantitative estimate of drug-likeness (QED) is 0.790. The number of piperidine rings is 1. The first-order valence-electron chi connectivity index (χ1n) is 5.73. The van der Waals surface area contributed by atoms with Crippen molar-refractivity contribution in [3.8, 4) is 5.75 Å². The molecule has 1 fully saturated rings. The van der Waals surface area contributed by atoms with E-state index in [-0.39, 0.29) is 23.3 Å². The van der Waals surface area contributed by atoms with E-state index in [0.29, 0.717) is 19.5 Å². The molecule has 1 aromatic rings. The maximum Gasteiger partial charge on any atom is 0.167 e. The van der Waals surface area contributed by atoms with Crippen LogP contribution in [0.25, 0.3) is 0 Å². The summed E-state index contributed by atoms with van der Waals surface area (Å²) in [6, 6.07) is 4.90. The second-order valence-electron chi connectivity index (χ2n) is 4.38. The molecule has 1 aromatic carbocycles. The van der Waals surface area contributed by atoms with Crippen LogP contribution in [-0.4, -0.2) is 26.0 Å². The Hall–Kier alpha value is -1.58. The fourth-order valence-corrected chi connectivity index (χ4v) is 2.10. The van der Waals surface area contributed by atoms with Gasteiger partial charge >= 0.3 is 0 Å². The molecule has 3 nitrogen and oxygen atoms in total. The lowest BCUT2D eigenvalue weighted by Gasteiger charge is -2.32. The number of hydrogen-bond acceptors (Lipinski definition) is 3. The average Bonchev–Trinajstić information content (AvgIpc) is 2.32. The van der Waals surface area contributed by atoms with Gasteiger partial charge in [0.1, 0.15) is 5.78 Å². The van der Waals surface area contributed by atoms with Gasteiger partial charge in [-0.2, -0.15) is 0 Å². The highest BCUT2D eigenvalue weighted by Gasteiger charge is 2.23. The highest BCUT2D eigenvalue weighted by atomic mass is 19.1. The molecule has 1 heterocycles. The predicted molar refractivity (Wildman–Crippen MR) is 64.0 cm³/mol. The third-order valence-corrected chi connectivity index (χ3v) is 3.17. The number of Topliss-reactive ketones (excluding diaryl/α,β-unsaturated/α-hetero) is 1. The first-order valence-corrected chi connectivity index (χ1v) is 5.73. The summed E-state index contributed by atoms with van der Waals surface area (Å²) in [7, 11) is 1.44. The van der Waals surface area contributed by atoms with E-state index in [0.717, 1.165) is 5.69 Å². The van der Waals surface area contributed by atoms with Crippen LogP contribution in [0.2, 0.25) is 0 Å². The summed E-state index contributed by atoms with van der Waals surface area (Å²) in [5, 5.41) is 0. The molecule has 1 aliphatic rings. The molecule has 0 saturated carbocycles. The van der Waals surface area contributed by atoms with Crippen LogP contribution in [0.3, 0.4) is 0 Å². The third kappa shape index (κ3) is 2.40. The molecule has 92 valence electrons. The van der Waals surface area contributed by atoms with E-state index in [2.05, 4.69) is 0 Å². The fraction of sp³-hybridized carbons (Fsp3) is 0.462. The highest BCUT2D eigenvalue weighted by molar-refractivity contribution is 5.83. The van der Waals surface area contributed by atoms with Crippen molar-refractivity contribution in [3.63, 3.8) is 0 Å². The van der Waals surface area contributed by atoms with Crippen molar-refractivity contribution in [3.05, 3.63) is 24.0 Å². The van der Waals surface area contributed by atoms with E-state index in [1.807, 2.05) is 17.9 Å². The van der Waals surface area contributed by atoms with Crippen molar-refractivity contribution in [2.45, 2.75) is 13.3 Å². The number of carbonyl (C=O) groups excluding carboxylic acids is 1. The van der Waals surface area contributed by atoms with Crippen molar-refractivity contribution in [1.29, 1.82) is 0 Å². The Morgan fingerprint density at radius 1 is 1.47 bits per heavy atom. The Morgan fingerprint density at radius 2 is 2.24 bits per heavy atom. The van der Waals surface area contributed by atoms with E-state index in [1.54, 1.807) is 6.07 Å². The number of rotatable bonds is 2. The number of benzene rings is 1. The summed E-state index contributed by atoms with van der Waals surface area (Å²) in [6.07, 6.45) is 0.537. The Labute approximate surface area is 100 Å². The molecule has 0 aliphatic carbocycles. The number of hydrogen-bond donors (Lipinski definition) is 0. The summed E-state index contributed by atoms with van der Waals surface area (Å²) >= 11 is 0. The monoisotopic (exact) mass is 237 g/mol. The van der Waals surface area contributed by atoms with Gasteiger partial charge in [-0.15, -0.1) is 0 Å². The zero-order chi connectivity index (χ0) is 12.4. The van der Waals surface area contributed by atoms with Crippen molar-refractivity contribution in [2.24, 2.45) is 5.92 Å². The Morgan fingerprint density at radius 3 is 2.82 bits per heavy atom. The highest BCUT2D eigenvalue weighted by Crippen LogP contribution is 2.26. The number of carbonyl (C=O) groups is 1. The number of nitrogens with zero attached hydrogens (tertiary/aromatic N) is 1. The van der Waals surface area contributed by atoms with Gasteiger partial charge in [-0.3, -0.25) is 4.79 Å². The van der Waals surface area contributed by atoms with Gasteiger partial charge in [0, 0.05) is 37.2 Å². The van der Waals surface area contributed by atoms with Crippen LogP contribution in [0.5, 0.6) is 5.75 Å². The van der Waals surface area contributed by atoms with Crippen molar-refractivity contribution in [2.75, 3.05) is 25.1 Å². The summed E-state index contributed by atoms with van der Waals surface area (Å²) in [6.45, 7) is 3.23. The number of methoxy groups -OCH3 is 1.